The molecule has 3 nitrogen and oxygen atoms in total. The van der Waals surface area contributed by atoms with Gasteiger partial charge in [0.2, 0.25) is 0 Å². The third-order valence-electron chi connectivity index (χ3n) is 3.28. The third-order valence-corrected chi connectivity index (χ3v) is 4.29. The molecule has 0 aliphatic rings. The Morgan fingerprint density at radius 2 is 2.05 bits per heavy atom. The number of aryl methyl sites for hydroxylation is 1. The molecule has 2 heterocycles. The van der Waals surface area contributed by atoms with Crippen molar-refractivity contribution in [2.75, 3.05) is 0 Å². The lowest BCUT2D eigenvalue weighted by atomic mass is 10.2. The van der Waals surface area contributed by atoms with E-state index in [-0.39, 0.29) is 5.38 Å². The molecule has 0 spiro atoms. The molecule has 0 aliphatic heterocycles. The van der Waals surface area contributed by atoms with Crippen LogP contribution in [0.2, 0.25) is 5.02 Å². The second-order valence-electron chi connectivity index (χ2n) is 4.82. The summed E-state index contributed by atoms with van der Waals surface area (Å²) in [6.45, 7) is 3.90. The highest BCUT2D eigenvalue weighted by Crippen LogP contribution is 2.32. The normalized spacial score (nSPS) is 12.8. The first-order valence-electron chi connectivity index (χ1n) is 6.42. The third kappa shape index (κ3) is 2.56. The van der Waals surface area contributed by atoms with Gasteiger partial charge in [-0.2, -0.15) is 0 Å². The fourth-order valence-corrected chi connectivity index (χ4v) is 2.97. The van der Waals surface area contributed by atoms with Crippen LogP contribution in [0.4, 0.5) is 0 Å². The zero-order chi connectivity index (χ0) is 15.1. The lowest BCUT2D eigenvalue weighted by Gasteiger charge is -2.12. The number of imidazole rings is 1. The Bertz CT molecular complexity index is 827. The number of benzene rings is 1. The molecule has 3 aromatic rings. The zero-order valence-corrected chi connectivity index (χ0v) is 14.5. The van der Waals surface area contributed by atoms with Crippen LogP contribution in [0.1, 0.15) is 23.7 Å². The van der Waals surface area contributed by atoms with Crippen molar-refractivity contribution in [1.82, 2.24) is 14.5 Å². The standard InChI is InChI=1S/C15H12BrCl2N3/c1-8-5-6-19-15-13(8)20-14(9(2)17)21(15)12-7-10(16)3-4-11(12)18/h3-7,9H,1-2H3. The van der Waals surface area contributed by atoms with Crippen molar-refractivity contribution in [1.29, 1.82) is 0 Å². The van der Waals surface area contributed by atoms with E-state index in [4.69, 9.17) is 23.2 Å². The summed E-state index contributed by atoms with van der Waals surface area (Å²) in [7, 11) is 0. The maximum absolute atomic E-state index is 6.36. The van der Waals surface area contributed by atoms with E-state index in [1.54, 1.807) is 6.20 Å². The number of nitrogens with zero attached hydrogens (tertiary/aromatic N) is 3. The van der Waals surface area contributed by atoms with Crippen LogP contribution in [0, 0.1) is 6.92 Å². The van der Waals surface area contributed by atoms with Crippen molar-refractivity contribution in [3.8, 4) is 5.69 Å². The van der Waals surface area contributed by atoms with Crippen LogP contribution in [0.25, 0.3) is 16.9 Å². The van der Waals surface area contributed by atoms with Crippen LogP contribution >= 0.6 is 39.1 Å². The van der Waals surface area contributed by atoms with Gasteiger partial charge in [0.1, 0.15) is 11.3 Å². The minimum atomic E-state index is -0.256. The Kier molecular flexibility index (Phi) is 3.95. The van der Waals surface area contributed by atoms with Gasteiger partial charge in [-0.05, 0) is 43.7 Å². The molecule has 3 rings (SSSR count). The minimum absolute atomic E-state index is 0.256. The van der Waals surface area contributed by atoms with E-state index in [2.05, 4.69) is 25.9 Å². The summed E-state index contributed by atoms with van der Waals surface area (Å²) >= 11 is 16.1. The van der Waals surface area contributed by atoms with Crippen molar-refractivity contribution >= 4 is 50.3 Å². The summed E-state index contributed by atoms with van der Waals surface area (Å²) in [6.07, 6.45) is 1.77. The van der Waals surface area contributed by atoms with Crippen LogP contribution < -0.4 is 0 Å². The van der Waals surface area contributed by atoms with E-state index in [9.17, 15) is 0 Å². The second kappa shape index (κ2) is 5.59. The predicted octanol–water partition coefficient (Wildman–Crippen LogP) is 5.44. The van der Waals surface area contributed by atoms with E-state index < -0.39 is 0 Å². The summed E-state index contributed by atoms with van der Waals surface area (Å²) in [6, 6.07) is 7.61. The molecule has 2 aromatic heterocycles. The second-order valence-corrected chi connectivity index (χ2v) is 6.79. The van der Waals surface area contributed by atoms with Crippen LogP contribution in [0.3, 0.4) is 0 Å². The van der Waals surface area contributed by atoms with Crippen molar-refractivity contribution in [3.05, 3.63) is 51.3 Å². The van der Waals surface area contributed by atoms with Crippen LogP contribution in [-0.2, 0) is 0 Å². The van der Waals surface area contributed by atoms with Gasteiger partial charge in [0.15, 0.2) is 5.65 Å². The predicted molar refractivity (Wildman–Crippen MR) is 90.6 cm³/mol. The van der Waals surface area contributed by atoms with E-state index in [0.717, 1.165) is 32.7 Å². The first kappa shape index (κ1) is 14.8. The number of pyridine rings is 1. The van der Waals surface area contributed by atoms with Crippen molar-refractivity contribution < 1.29 is 0 Å². The van der Waals surface area contributed by atoms with Gasteiger partial charge in [-0.15, -0.1) is 11.6 Å². The maximum Gasteiger partial charge on any atom is 0.165 e. The molecule has 1 atom stereocenters. The molecule has 0 N–H and O–H groups in total. The summed E-state index contributed by atoms with van der Waals surface area (Å²) in [4.78, 5) is 9.11. The summed E-state index contributed by atoms with van der Waals surface area (Å²) < 4.78 is 2.86. The molecule has 6 heteroatoms. The molecule has 0 aliphatic carbocycles. The molecule has 0 amide bonds. The molecule has 0 saturated heterocycles. The molecule has 0 bridgehead atoms. The number of alkyl halides is 1. The van der Waals surface area contributed by atoms with Gasteiger partial charge in [0.25, 0.3) is 0 Å². The van der Waals surface area contributed by atoms with Crippen LogP contribution in [0.15, 0.2) is 34.9 Å². The lowest BCUT2D eigenvalue weighted by Crippen LogP contribution is -2.03. The van der Waals surface area contributed by atoms with Crippen LogP contribution in [-0.4, -0.2) is 14.5 Å². The number of fused-ring (bicyclic) bond motifs is 1. The molecule has 1 unspecified atom stereocenters. The fourth-order valence-electron chi connectivity index (χ4n) is 2.27. The number of hydrogen-bond donors (Lipinski definition) is 0. The summed E-state index contributed by atoms with van der Waals surface area (Å²) in [5.41, 5.74) is 3.48. The number of aromatic nitrogens is 3. The topological polar surface area (TPSA) is 30.7 Å². The monoisotopic (exact) mass is 383 g/mol. The molecule has 108 valence electrons. The molecule has 0 saturated carbocycles. The molecule has 21 heavy (non-hydrogen) atoms. The van der Waals surface area contributed by atoms with Gasteiger partial charge >= 0.3 is 0 Å². The van der Waals surface area contributed by atoms with Crippen molar-refractivity contribution in [2.45, 2.75) is 19.2 Å². The van der Waals surface area contributed by atoms with Gasteiger partial charge in [-0.1, -0.05) is 27.5 Å². The highest BCUT2D eigenvalue weighted by atomic mass is 79.9. The van der Waals surface area contributed by atoms with Gasteiger partial charge in [-0.3, -0.25) is 4.57 Å². The Morgan fingerprint density at radius 3 is 2.76 bits per heavy atom. The molecule has 0 radical (unpaired) electrons. The van der Waals surface area contributed by atoms with E-state index >= 15 is 0 Å². The Hall–Kier alpha value is -1.10. The molecule has 1 aromatic carbocycles. The first-order valence-corrected chi connectivity index (χ1v) is 8.03. The Labute approximate surface area is 141 Å². The SMILES string of the molecule is Cc1ccnc2c1nc(C(C)Cl)n2-c1cc(Br)ccc1Cl. The fraction of sp³-hybridized carbons (Fsp3) is 0.200. The number of hydrogen-bond acceptors (Lipinski definition) is 2. The van der Waals surface area contributed by atoms with E-state index in [1.165, 1.54) is 0 Å². The Morgan fingerprint density at radius 1 is 1.29 bits per heavy atom. The average molecular weight is 385 g/mol. The van der Waals surface area contributed by atoms with Gasteiger partial charge in [-0.25, -0.2) is 9.97 Å². The average Bonchev–Trinajstić information content (AvgIpc) is 2.82. The number of rotatable bonds is 2. The smallest absolute Gasteiger partial charge is 0.165 e. The van der Waals surface area contributed by atoms with Gasteiger partial charge in [0, 0.05) is 10.7 Å². The van der Waals surface area contributed by atoms with Crippen molar-refractivity contribution in [2.24, 2.45) is 0 Å². The van der Waals surface area contributed by atoms with Crippen molar-refractivity contribution in [3.63, 3.8) is 0 Å². The zero-order valence-electron chi connectivity index (χ0n) is 11.4. The lowest BCUT2D eigenvalue weighted by molar-refractivity contribution is 0.876. The molecular weight excluding hydrogens is 373 g/mol. The van der Waals surface area contributed by atoms with E-state index in [0.29, 0.717) is 5.02 Å². The highest BCUT2D eigenvalue weighted by Gasteiger charge is 2.20. The Balaban J connectivity index is 2.42. The quantitative estimate of drug-likeness (QED) is 0.550. The van der Waals surface area contributed by atoms with Gasteiger partial charge < -0.3 is 0 Å². The maximum atomic E-state index is 6.36. The number of halogens is 3. The largest absolute Gasteiger partial charge is 0.278 e. The molecular formula is C15H12BrCl2N3. The van der Waals surface area contributed by atoms with Crippen LogP contribution in [0.5, 0.6) is 0 Å². The summed E-state index contributed by atoms with van der Waals surface area (Å²) in [5.74, 6) is 0.730. The first-order chi connectivity index (χ1) is 9.99. The summed E-state index contributed by atoms with van der Waals surface area (Å²) in [5, 5.41) is 0.369. The van der Waals surface area contributed by atoms with Gasteiger partial charge in [0.05, 0.1) is 16.1 Å². The molecule has 0 fully saturated rings. The highest BCUT2D eigenvalue weighted by molar-refractivity contribution is 9.10. The van der Waals surface area contributed by atoms with E-state index in [1.807, 2.05) is 42.7 Å². The minimum Gasteiger partial charge on any atom is -0.278 e.